The first kappa shape index (κ1) is 21.7. The van der Waals surface area contributed by atoms with Gasteiger partial charge in [-0.25, -0.2) is 4.79 Å². The largest absolute Gasteiger partial charge is 0.481 e. The van der Waals surface area contributed by atoms with E-state index in [4.69, 9.17) is 5.11 Å². The molecule has 3 amide bonds. The zero-order chi connectivity index (χ0) is 20.4. The maximum atomic E-state index is 12.8. The smallest absolute Gasteiger partial charge is 0.317 e. The van der Waals surface area contributed by atoms with Gasteiger partial charge in [0.15, 0.2) is 0 Å². The molecule has 0 bridgehead atoms. The van der Waals surface area contributed by atoms with Crippen molar-refractivity contribution in [1.29, 1.82) is 0 Å². The molecule has 7 nitrogen and oxygen atoms in total. The molecule has 1 aromatic carbocycles. The van der Waals surface area contributed by atoms with Gasteiger partial charge in [0.2, 0.25) is 5.91 Å². The predicted molar refractivity (Wildman–Crippen MR) is 107 cm³/mol. The van der Waals surface area contributed by atoms with E-state index in [2.05, 4.69) is 10.6 Å². The lowest BCUT2D eigenvalue weighted by Gasteiger charge is -2.33. The van der Waals surface area contributed by atoms with Crippen molar-refractivity contribution in [3.63, 3.8) is 0 Å². The van der Waals surface area contributed by atoms with Crippen LogP contribution < -0.4 is 10.6 Å². The summed E-state index contributed by atoms with van der Waals surface area (Å²) in [5.74, 6) is -1.05. The third-order valence-electron chi connectivity index (χ3n) is 4.99. The number of carboxylic acid groups (broad SMARTS) is 1. The molecule has 3 N–H and O–H groups in total. The minimum absolute atomic E-state index is 0.000170. The van der Waals surface area contributed by atoms with Crippen molar-refractivity contribution in [3.8, 4) is 0 Å². The number of nitrogens with zero attached hydrogens (tertiary/aromatic N) is 1. The minimum Gasteiger partial charge on any atom is -0.481 e. The molecule has 0 saturated carbocycles. The van der Waals surface area contributed by atoms with Crippen LogP contribution in [0.1, 0.15) is 44.6 Å². The first-order chi connectivity index (χ1) is 13.5. The lowest BCUT2D eigenvalue weighted by Crippen LogP contribution is -2.51. The van der Waals surface area contributed by atoms with Gasteiger partial charge in [0.05, 0.1) is 5.92 Å². The van der Waals surface area contributed by atoms with Crippen LogP contribution in [0.2, 0.25) is 0 Å². The van der Waals surface area contributed by atoms with Crippen LogP contribution in [0.25, 0.3) is 0 Å². The lowest BCUT2D eigenvalue weighted by molar-refractivity contribution is -0.137. The van der Waals surface area contributed by atoms with Crippen molar-refractivity contribution in [2.75, 3.05) is 19.6 Å². The van der Waals surface area contributed by atoms with Gasteiger partial charge in [0.25, 0.3) is 0 Å². The molecule has 0 radical (unpaired) electrons. The maximum absolute atomic E-state index is 12.8. The molecule has 154 valence electrons. The van der Waals surface area contributed by atoms with Crippen LogP contribution in [-0.2, 0) is 16.0 Å². The van der Waals surface area contributed by atoms with E-state index >= 15 is 0 Å². The van der Waals surface area contributed by atoms with Crippen LogP contribution in [-0.4, -0.2) is 53.6 Å². The third kappa shape index (κ3) is 7.21. The Balaban J connectivity index is 1.94. The summed E-state index contributed by atoms with van der Waals surface area (Å²) in [7, 11) is 0. The van der Waals surface area contributed by atoms with Crippen LogP contribution in [0.15, 0.2) is 30.3 Å². The Labute approximate surface area is 166 Å². The third-order valence-corrected chi connectivity index (χ3v) is 4.99. The first-order valence-corrected chi connectivity index (χ1v) is 10.1. The number of benzene rings is 1. The van der Waals surface area contributed by atoms with E-state index in [1.807, 2.05) is 37.3 Å². The number of carboxylic acids is 1. The second-order valence-corrected chi connectivity index (χ2v) is 7.34. The average Bonchev–Trinajstić information content (AvgIpc) is 2.71. The van der Waals surface area contributed by atoms with Gasteiger partial charge in [-0.05, 0) is 37.7 Å². The Hall–Kier alpha value is -2.57. The van der Waals surface area contributed by atoms with Crippen LogP contribution in [0, 0.1) is 5.92 Å². The number of urea groups is 1. The molecular formula is C21H31N3O4. The Bertz CT molecular complexity index is 650. The molecule has 1 fully saturated rings. The van der Waals surface area contributed by atoms with Gasteiger partial charge in [-0.2, -0.15) is 0 Å². The minimum atomic E-state index is -0.877. The monoisotopic (exact) mass is 389 g/mol. The van der Waals surface area contributed by atoms with Crippen molar-refractivity contribution >= 4 is 17.9 Å². The molecule has 0 spiro atoms. The Morgan fingerprint density at radius 1 is 1.25 bits per heavy atom. The molecule has 1 aliphatic rings. The molecule has 0 aliphatic carbocycles. The van der Waals surface area contributed by atoms with Crippen molar-refractivity contribution in [2.45, 2.75) is 51.5 Å². The molecule has 0 aromatic heterocycles. The molecule has 1 aromatic rings. The Kier molecular flexibility index (Phi) is 8.78. The van der Waals surface area contributed by atoms with Gasteiger partial charge >= 0.3 is 12.0 Å². The number of rotatable bonds is 9. The van der Waals surface area contributed by atoms with Gasteiger partial charge in [0, 0.05) is 32.1 Å². The molecule has 28 heavy (non-hydrogen) atoms. The van der Waals surface area contributed by atoms with Gasteiger partial charge in [-0.3, -0.25) is 9.59 Å². The van der Waals surface area contributed by atoms with Crippen LogP contribution in [0.5, 0.6) is 0 Å². The fourth-order valence-electron chi connectivity index (χ4n) is 3.46. The summed E-state index contributed by atoms with van der Waals surface area (Å²) in [6.07, 6.45) is 3.40. The van der Waals surface area contributed by atoms with E-state index in [0.717, 1.165) is 24.8 Å². The zero-order valence-electron chi connectivity index (χ0n) is 16.5. The number of carbonyl (C=O) groups excluding carboxylic acids is 2. The summed E-state index contributed by atoms with van der Waals surface area (Å²) in [5.41, 5.74) is 1.05. The van der Waals surface area contributed by atoms with E-state index in [9.17, 15) is 14.4 Å². The molecule has 1 aliphatic heterocycles. The van der Waals surface area contributed by atoms with Crippen LogP contribution in [0.3, 0.4) is 0 Å². The summed E-state index contributed by atoms with van der Waals surface area (Å²) >= 11 is 0. The molecule has 2 unspecified atom stereocenters. The number of aliphatic carboxylic acids is 1. The molecule has 7 heteroatoms. The van der Waals surface area contributed by atoms with Gasteiger partial charge in [-0.15, -0.1) is 0 Å². The predicted octanol–water partition coefficient (Wildman–Crippen LogP) is 2.41. The fraction of sp³-hybridized carbons (Fsp3) is 0.571. The summed E-state index contributed by atoms with van der Waals surface area (Å²) in [5, 5.41) is 14.9. The number of likely N-dealkylation sites (tertiary alicyclic amines) is 1. The fourth-order valence-corrected chi connectivity index (χ4v) is 3.46. The summed E-state index contributed by atoms with van der Waals surface area (Å²) in [6, 6.07) is 9.22. The molecule has 2 rings (SSSR count). The summed E-state index contributed by atoms with van der Waals surface area (Å²) < 4.78 is 0. The SMILES string of the molecule is CCCNC(=O)C1CCCN(C(=O)NC(CCC(=O)O)Cc2ccccc2)C1. The number of hydrogen-bond donors (Lipinski definition) is 3. The topological polar surface area (TPSA) is 98.7 Å². The second kappa shape index (κ2) is 11.3. The number of amides is 3. The highest BCUT2D eigenvalue weighted by Gasteiger charge is 2.29. The molecular weight excluding hydrogens is 358 g/mol. The first-order valence-electron chi connectivity index (χ1n) is 10.1. The van der Waals surface area contributed by atoms with Gasteiger partial charge in [-0.1, -0.05) is 37.3 Å². The number of carbonyl (C=O) groups is 3. The van der Waals surface area contributed by atoms with E-state index in [1.165, 1.54) is 0 Å². The molecule has 1 saturated heterocycles. The highest BCUT2D eigenvalue weighted by atomic mass is 16.4. The van der Waals surface area contributed by atoms with E-state index in [-0.39, 0.29) is 30.3 Å². The molecule has 2 atom stereocenters. The van der Waals surface area contributed by atoms with Crippen molar-refractivity contribution < 1.29 is 19.5 Å². The summed E-state index contributed by atoms with van der Waals surface area (Å²) in [4.78, 5) is 37.7. The quantitative estimate of drug-likeness (QED) is 0.604. The van der Waals surface area contributed by atoms with E-state index < -0.39 is 5.97 Å². The lowest BCUT2D eigenvalue weighted by atomic mass is 9.97. The highest BCUT2D eigenvalue weighted by molar-refractivity contribution is 5.81. The average molecular weight is 389 g/mol. The number of hydrogen-bond acceptors (Lipinski definition) is 3. The zero-order valence-corrected chi connectivity index (χ0v) is 16.5. The van der Waals surface area contributed by atoms with Crippen molar-refractivity contribution in [2.24, 2.45) is 5.92 Å². The summed E-state index contributed by atoms with van der Waals surface area (Å²) in [6.45, 7) is 3.67. The standard InChI is InChI=1S/C21H31N3O4/c1-2-12-22-20(27)17-9-6-13-24(15-17)21(28)23-18(10-11-19(25)26)14-16-7-4-3-5-8-16/h3-5,7-8,17-18H,2,6,9-15H2,1H3,(H,22,27)(H,23,28)(H,25,26). The molecule has 1 heterocycles. The van der Waals surface area contributed by atoms with E-state index in [1.54, 1.807) is 4.90 Å². The van der Waals surface area contributed by atoms with Gasteiger partial charge < -0.3 is 20.6 Å². The number of piperidine rings is 1. The van der Waals surface area contributed by atoms with Crippen molar-refractivity contribution in [3.05, 3.63) is 35.9 Å². The normalized spacial score (nSPS) is 17.6. The second-order valence-electron chi connectivity index (χ2n) is 7.34. The van der Waals surface area contributed by atoms with Gasteiger partial charge in [0.1, 0.15) is 0 Å². The van der Waals surface area contributed by atoms with Crippen LogP contribution >= 0.6 is 0 Å². The Morgan fingerprint density at radius 3 is 2.68 bits per heavy atom. The van der Waals surface area contributed by atoms with E-state index in [0.29, 0.717) is 32.5 Å². The highest BCUT2D eigenvalue weighted by Crippen LogP contribution is 2.17. The maximum Gasteiger partial charge on any atom is 0.317 e. The Morgan fingerprint density at radius 2 is 2.00 bits per heavy atom. The van der Waals surface area contributed by atoms with Crippen LogP contribution in [0.4, 0.5) is 4.79 Å². The number of nitrogens with one attached hydrogen (secondary N) is 2. The van der Waals surface area contributed by atoms with Crippen molar-refractivity contribution in [1.82, 2.24) is 15.5 Å².